The first kappa shape index (κ1) is 18.9. The van der Waals surface area contributed by atoms with Crippen LogP contribution in [0, 0.1) is 5.82 Å². The van der Waals surface area contributed by atoms with Crippen molar-refractivity contribution in [2.75, 3.05) is 6.61 Å². The van der Waals surface area contributed by atoms with E-state index in [2.05, 4.69) is 5.32 Å². The molecular formula is C19H19ClFNO3. The summed E-state index contributed by atoms with van der Waals surface area (Å²) in [6.07, 6.45) is 0.0524. The molecule has 2 aromatic carbocycles. The van der Waals surface area contributed by atoms with Crippen LogP contribution in [0.25, 0.3) is 0 Å². The Hall–Kier alpha value is -2.40. The van der Waals surface area contributed by atoms with Crippen molar-refractivity contribution in [1.29, 1.82) is 0 Å². The molecule has 4 nitrogen and oxygen atoms in total. The number of carbonyl (C=O) groups excluding carboxylic acids is 2. The monoisotopic (exact) mass is 363 g/mol. The summed E-state index contributed by atoms with van der Waals surface area (Å²) in [5.74, 6) is -1.07. The van der Waals surface area contributed by atoms with E-state index < -0.39 is 12.0 Å². The van der Waals surface area contributed by atoms with Crippen molar-refractivity contribution in [3.8, 4) is 0 Å². The van der Waals surface area contributed by atoms with Gasteiger partial charge in [-0.05, 0) is 36.2 Å². The lowest BCUT2D eigenvalue weighted by Crippen LogP contribution is -2.32. The molecule has 0 aliphatic rings. The van der Waals surface area contributed by atoms with Crippen molar-refractivity contribution in [1.82, 2.24) is 5.32 Å². The first-order chi connectivity index (χ1) is 12.0. The van der Waals surface area contributed by atoms with Gasteiger partial charge in [0.05, 0.1) is 25.5 Å². The summed E-state index contributed by atoms with van der Waals surface area (Å²) >= 11 is 6.20. The Labute approximate surface area is 150 Å². The average Bonchev–Trinajstić information content (AvgIpc) is 2.57. The Bertz CT molecular complexity index is 734. The van der Waals surface area contributed by atoms with E-state index in [0.717, 1.165) is 0 Å². The van der Waals surface area contributed by atoms with Crippen LogP contribution in [0.2, 0.25) is 5.02 Å². The number of halogens is 2. The third kappa shape index (κ3) is 5.87. The number of amides is 1. The molecule has 0 bridgehead atoms. The fraction of sp³-hybridized carbons (Fsp3) is 0.263. The molecule has 132 valence electrons. The lowest BCUT2D eigenvalue weighted by Gasteiger charge is -2.19. The number of hydrogen-bond donors (Lipinski definition) is 1. The highest BCUT2D eigenvalue weighted by molar-refractivity contribution is 6.31. The predicted octanol–water partition coefficient (Wildman–Crippen LogP) is 3.83. The van der Waals surface area contributed by atoms with Gasteiger partial charge >= 0.3 is 5.97 Å². The molecule has 0 aromatic heterocycles. The Morgan fingerprint density at radius 1 is 1.16 bits per heavy atom. The summed E-state index contributed by atoms with van der Waals surface area (Å²) in [7, 11) is 0. The fourth-order valence-electron chi connectivity index (χ4n) is 2.42. The average molecular weight is 364 g/mol. The van der Waals surface area contributed by atoms with Crippen molar-refractivity contribution in [2.24, 2.45) is 0 Å². The highest BCUT2D eigenvalue weighted by atomic mass is 35.5. The van der Waals surface area contributed by atoms with Gasteiger partial charge in [-0.1, -0.05) is 41.9 Å². The number of rotatable bonds is 7. The second-order valence-corrected chi connectivity index (χ2v) is 5.86. The molecule has 2 aromatic rings. The Balaban J connectivity index is 2.11. The van der Waals surface area contributed by atoms with Gasteiger partial charge in [-0.15, -0.1) is 0 Å². The van der Waals surface area contributed by atoms with E-state index in [1.54, 1.807) is 43.3 Å². The second kappa shape index (κ2) is 9.18. The summed E-state index contributed by atoms with van der Waals surface area (Å²) < 4.78 is 17.9. The maximum absolute atomic E-state index is 12.9. The van der Waals surface area contributed by atoms with Gasteiger partial charge in [-0.3, -0.25) is 9.59 Å². The van der Waals surface area contributed by atoms with Crippen LogP contribution >= 0.6 is 11.6 Å². The van der Waals surface area contributed by atoms with Crippen molar-refractivity contribution in [3.63, 3.8) is 0 Å². The molecule has 0 unspecified atom stereocenters. The van der Waals surface area contributed by atoms with E-state index in [1.807, 2.05) is 0 Å². The van der Waals surface area contributed by atoms with E-state index in [9.17, 15) is 14.0 Å². The first-order valence-electron chi connectivity index (χ1n) is 7.93. The van der Waals surface area contributed by atoms with Crippen LogP contribution in [0.4, 0.5) is 4.39 Å². The molecule has 0 saturated carbocycles. The number of esters is 1. The van der Waals surface area contributed by atoms with Gasteiger partial charge in [0, 0.05) is 5.02 Å². The summed E-state index contributed by atoms with van der Waals surface area (Å²) in [6, 6.07) is 12.1. The maximum Gasteiger partial charge on any atom is 0.308 e. The third-order valence-corrected chi connectivity index (χ3v) is 3.91. The molecule has 0 heterocycles. The number of hydrogen-bond acceptors (Lipinski definition) is 3. The first-order valence-corrected chi connectivity index (χ1v) is 8.31. The minimum atomic E-state index is -0.597. The van der Waals surface area contributed by atoms with Gasteiger partial charge < -0.3 is 10.1 Å². The zero-order valence-electron chi connectivity index (χ0n) is 13.8. The molecule has 1 N–H and O–H groups in total. The van der Waals surface area contributed by atoms with E-state index in [-0.39, 0.29) is 31.2 Å². The van der Waals surface area contributed by atoms with Gasteiger partial charge in [0.25, 0.3) is 0 Å². The SMILES string of the molecule is CCOC(=O)C[C@@H](NC(=O)Cc1ccc(F)cc1)c1ccccc1Cl. The smallest absolute Gasteiger partial charge is 0.308 e. The molecule has 0 aliphatic carbocycles. The molecule has 1 amide bonds. The van der Waals surface area contributed by atoms with Crippen LogP contribution in [0.5, 0.6) is 0 Å². The van der Waals surface area contributed by atoms with E-state index in [4.69, 9.17) is 16.3 Å². The quantitative estimate of drug-likeness (QED) is 0.760. The van der Waals surface area contributed by atoms with Crippen molar-refractivity contribution in [2.45, 2.75) is 25.8 Å². The summed E-state index contributed by atoms with van der Waals surface area (Å²) in [5, 5.41) is 3.27. The zero-order chi connectivity index (χ0) is 18.2. The van der Waals surface area contributed by atoms with E-state index in [0.29, 0.717) is 16.1 Å². The highest BCUT2D eigenvalue weighted by Crippen LogP contribution is 2.25. The molecular weight excluding hydrogens is 345 g/mol. The lowest BCUT2D eigenvalue weighted by molar-refractivity contribution is -0.143. The van der Waals surface area contributed by atoms with Gasteiger partial charge in [0.1, 0.15) is 5.82 Å². The molecule has 0 spiro atoms. The van der Waals surface area contributed by atoms with E-state index in [1.165, 1.54) is 12.1 Å². The molecule has 0 radical (unpaired) electrons. The molecule has 0 saturated heterocycles. The summed E-state index contributed by atoms with van der Waals surface area (Å²) in [6.45, 7) is 1.98. The van der Waals surface area contributed by atoms with Crippen LogP contribution < -0.4 is 5.32 Å². The minimum absolute atomic E-state index is 0.0211. The largest absolute Gasteiger partial charge is 0.466 e. The lowest BCUT2D eigenvalue weighted by atomic mass is 10.0. The van der Waals surface area contributed by atoms with Crippen LogP contribution in [-0.4, -0.2) is 18.5 Å². The zero-order valence-corrected chi connectivity index (χ0v) is 14.6. The number of ether oxygens (including phenoxy) is 1. The van der Waals surface area contributed by atoms with Gasteiger partial charge in [-0.2, -0.15) is 0 Å². The molecule has 1 atom stereocenters. The topological polar surface area (TPSA) is 55.4 Å². The van der Waals surface area contributed by atoms with Gasteiger partial charge in [0.2, 0.25) is 5.91 Å². The normalized spacial score (nSPS) is 11.6. The number of nitrogens with one attached hydrogen (secondary N) is 1. The highest BCUT2D eigenvalue weighted by Gasteiger charge is 2.21. The van der Waals surface area contributed by atoms with Crippen LogP contribution in [0.1, 0.15) is 30.5 Å². The molecule has 25 heavy (non-hydrogen) atoms. The van der Waals surface area contributed by atoms with Gasteiger partial charge in [0.15, 0.2) is 0 Å². The summed E-state index contributed by atoms with van der Waals surface area (Å²) in [4.78, 5) is 24.2. The van der Waals surface area contributed by atoms with Gasteiger partial charge in [-0.25, -0.2) is 4.39 Å². The van der Waals surface area contributed by atoms with Crippen LogP contribution in [0.3, 0.4) is 0 Å². The number of benzene rings is 2. The molecule has 0 fully saturated rings. The van der Waals surface area contributed by atoms with Crippen molar-refractivity contribution >= 4 is 23.5 Å². The number of carbonyl (C=O) groups is 2. The Morgan fingerprint density at radius 2 is 1.84 bits per heavy atom. The second-order valence-electron chi connectivity index (χ2n) is 5.45. The standard InChI is InChI=1S/C19H19ClFNO3/c1-2-25-19(24)12-17(15-5-3-4-6-16(15)20)22-18(23)11-13-7-9-14(21)10-8-13/h3-10,17H,2,11-12H2,1H3,(H,22,23)/t17-/m1/s1. The maximum atomic E-state index is 12.9. The Kier molecular flexibility index (Phi) is 6.95. The predicted molar refractivity (Wildman–Crippen MR) is 93.7 cm³/mol. The molecule has 2 rings (SSSR count). The van der Waals surface area contributed by atoms with E-state index >= 15 is 0 Å². The van der Waals surface area contributed by atoms with Crippen LogP contribution in [0.15, 0.2) is 48.5 Å². The van der Waals surface area contributed by atoms with Crippen molar-refractivity contribution < 1.29 is 18.7 Å². The van der Waals surface area contributed by atoms with Crippen LogP contribution in [-0.2, 0) is 20.7 Å². The molecule has 6 heteroatoms. The van der Waals surface area contributed by atoms with Crippen molar-refractivity contribution in [3.05, 3.63) is 70.5 Å². The fourth-order valence-corrected chi connectivity index (χ4v) is 2.68. The summed E-state index contributed by atoms with van der Waals surface area (Å²) in [5.41, 5.74) is 1.32. The minimum Gasteiger partial charge on any atom is -0.466 e. The third-order valence-electron chi connectivity index (χ3n) is 3.57. The molecule has 0 aliphatic heterocycles. The Morgan fingerprint density at radius 3 is 2.48 bits per heavy atom.